The molecule has 0 heterocycles. The molecule has 0 aromatic heterocycles. The number of rotatable bonds is 17. The van der Waals surface area contributed by atoms with Crippen molar-refractivity contribution >= 4 is 0 Å². The van der Waals surface area contributed by atoms with Crippen molar-refractivity contribution in [1.29, 1.82) is 0 Å². The van der Waals surface area contributed by atoms with Crippen molar-refractivity contribution in [3.05, 3.63) is 23.9 Å². The van der Waals surface area contributed by atoms with Gasteiger partial charge in [-0.2, -0.15) is 0 Å². The fourth-order valence-electron chi connectivity index (χ4n) is 2.99. The number of nitrogens with one attached hydrogen (secondary N) is 2. The fraction of sp³-hybridized carbons (Fsp3) is 0.826. The molecule has 0 aromatic carbocycles. The van der Waals surface area contributed by atoms with Gasteiger partial charge in [0.1, 0.15) is 0 Å². The molecule has 0 amide bonds. The van der Waals surface area contributed by atoms with Crippen LogP contribution in [0, 0.1) is 11.3 Å². The summed E-state index contributed by atoms with van der Waals surface area (Å²) >= 11 is 0. The smallest absolute Gasteiger partial charge is 0.0860 e. The third-order valence-electron chi connectivity index (χ3n) is 5.32. The Hall–Kier alpha value is -0.840. The zero-order valence-electron chi connectivity index (χ0n) is 18.7. The van der Waals surface area contributed by atoms with Gasteiger partial charge in [0.2, 0.25) is 0 Å². The lowest BCUT2D eigenvalue weighted by atomic mass is 9.84. The van der Waals surface area contributed by atoms with Crippen LogP contribution >= 0.6 is 0 Å². The van der Waals surface area contributed by atoms with Crippen LogP contribution in [-0.2, 0) is 9.47 Å². The predicted octanol–water partition coefficient (Wildman–Crippen LogP) is 4.67. The lowest BCUT2D eigenvalue weighted by Crippen LogP contribution is -2.31. The van der Waals surface area contributed by atoms with Crippen LogP contribution < -0.4 is 10.6 Å². The number of ether oxygens (including phenoxy) is 2. The van der Waals surface area contributed by atoms with E-state index in [1.807, 2.05) is 0 Å². The van der Waals surface area contributed by atoms with Gasteiger partial charge in [-0.1, -0.05) is 40.3 Å². The number of hydrogen-bond donors (Lipinski definition) is 2. The van der Waals surface area contributed by atoms with E-state index in [1.165, 1.54) is 12.0 Å². The summed E-state index contributed by atoms with van der Waals surface area (Å²) in [7, 11) is 0. The van der Waals surface area contributed by atoms with Gasteiger partial charge in [-0.15, -0.1) is 0 Å². The molecular formula is C23H44N2O2. The maximum absolute atomic E-state index is 6.14. The molecule has 27 heavy (non-hydrogen) atoms. The van der Waals surface area contributed by atoms with Gasteiger partial charge in [0.15, 0.2) is 0 Å². The van der Waals surface area contributed by atoms with Crippen LogP contribution in [0.5, 0.6) is 0 Å². The first-order valence-electron chi connectivity index (χ1n) is 10.7. The summed E-state index contributed by atoms with van der Waals surface area (Å²) in [6, 6.07) is 0. The molecule has 4 heteroatoms. The molecule has 4 nitrogen and oxygen atoms in total. The van der Waals surface area contributed by atoms with E-state index >= 15 is 0 Å². The highest BCUT2D eigenvalue weighted by Crippen LogP contribution is 2.28. The topological polar surface area (TPSA) is 42.5 Å². The lowest BCUT2D eigenvalue weighted by Gasteiger charge is -2.30. The molecular weight excluding hydrogens is 336 g/mol. The molecule has 0 radical (unpaired) electrons. The van der Waals surface area contributed by atoms with Crippen molar-refractivity contribution < 1.29 is 9.47 Å². The van der Waals surface area contributed by atoms with Crippen molar-refractivity contribution in [1.82, 2.24) is 10.6 Å². The molecule has 1 atom stereocenters. The average molecular weight is 381 g/mol. The Labute approximate surface area is 168 Å². The van der Waals surface area contributed by atoms with Gasteiger partial charge in [0.05, 0.1) is 18.8 Å². The zero-order chi connectivity index (χ0) is 20.3. The Balaban J connectivity index is 2.05. The second kappa shape index (κ2) is 11.9. The molecule has 158 valence electrons. The van der Waals surface area contributed by atoms with Crippen LogP contribution in [0.25, 0.3) is 0 Å². The standard InChI is InChI=1S/C23H44N2O2/c1-8-24-14-11-23(6,7)27-15-12-22(4,5)10-9-13-25-20(3)17-26-18-21-16-19(21)2/h16,19,24-25H,3,8-15,17-18H2,1-2,4-7H3. The molecule has 0 aliphatic heterocycles. The normalized spacial score (nSPS) is 17.0. The first-order chi connectivity index (χ1) is 12.7. The van der Waals surface area contributed by atoms with Crippen molar-refractivity contribution in [3.8, 4) is 0 Å². The van der Waals surface area contributed by atoms with Crippen molar-refractivity contribution in [2.45, 2.75) is 72.8 Å². The quantitative estimate of drug-likeness (QED) is 0.284. The minimum Gasteiger partial charge on any atom is -0.387 e. The second-order valence-electron chi connectivity index (χ2n) is 9.28. The Bertz CT molecular complexity index is 469. The Kier molecular flexibility index (Phi) is 10.6. The largest absolute Gasteiger partial charge is 0.387 e. The third-order valence-corrected chi connectivity index (χ3v) is 5.32. The zero-order valence-corrected chi connectivity index (χ0v) is 18.7. The third kappa shape index (κ3) is 12.3. The Morgan fingerprint density at radius 1 is 1.15 bits per heavy atom. The average Bonchev–Trinajstić information content (AvgIpc) is 3.26. The highest BCUT2D eigenvalue weighted by molar-refractivity contribution is 5.27. The minimum atomic E-state index is -0.0497. The molecule has 0 aromatic rings. The van der Waals surface area contributed by atoms with E-state index in [4.69, 9.17) is 9.47 Å². The van der Waals surface area contributed by atoms with E-state index in [0.717, 1.165) is 57.8 Å². The highest BCUT2D eigenvalue weighted by atomic mass is 16.5. The fourth-order valence-corrected chi connectivity index (χ4v) is 2.99. The van der Waals surface area contributed by atoms with Crippen molar-refractivity contribution in [2.75, 3.05) is 39.5 Å². The summed E-state index contributed by atoms with van der Waals surface area (Å²) < 4.78 is 11.8. The molecule has 0 bridgehead atoms. The first-order valence-corrected chi connectivity index (χ1v) is 10.7. The molecule has 1 rings (SSSR count). The predicted molar refractivity (Wildman–Crippen MR) is 116 cm³/mol. The van der Waals surface area contributed by atoms with Gasteiger partial charge in [-0.25, -0.2) is 0 Å². The molecule has 1 aliphatic carbocycles. The van der Waals surface area contributed by atoms with E-state index in [1.54, 1.807) is 0 Å². The molecule has 2 N–H and O–H groups in total. The molecule has 0 spiro atoms. The maximum atomic E-state index is 6.14. The van der Waals surface area contributed by atoms with E-state index < -0.39 is 0 Å². The van der Waals surface area contributed by atoms with E-state index in [0.29, 0.717) is 17.9 Å². The molecule has 0 saturated carbocycles. The summed E-state index contributed by atoms with van der Waals surface area (Å²) in [4.78, 5) is 0. The van der Waals surface area contributed by atoms with Crippen LogP contribution in [0.4, 0.5) is 0 Å². The number of hydrogen-bond acceptors (Lipinski definition) is 4. The molecule has 0 fully saturated rings. The second-order valence-corrected chi connectivity index (χ2v) is 9.28. The SMILES string of the molecule is C=C(COCC1=CC1C)NCCCC(C)(C)CCOC(C)(C)CCNCC. The van der Waals surface area contributed by atoms with Gasteiger partial charge in [-0.3, -0.25) is 0 Å². The van der Waals surface area contributed by atoms with Crippen LogP contribution in [0.3, 0.4) is 0 Å². The van der Waals surface area contributed by atoms with Crippen molar-refractivity contribution in [3.63, 3.8) is 0 Å². The molecule has 1 aliphatic rings. The summed E-state index contributed by atoms with van der Waals surface area (Å²) in [5.41, 5.74) is 2.64. The maximum Gasteiger partial charge on any atom is 0.0860 e. The van der Waals surface area contributed by atoms with Gasteiger partial charge >= 0.3 is 0 Å². The molecule has 0 saturated heterocycles. The Morgan fingerprint density at radius 3 is 2.48 bits per heavy atom. The highest BCUT2D eigenvalue weighted by Gasteiger charge is 2.22. The number of allylic oxidation sites excluding steroid dienone is 1. The minimum absolute atomic E-state index is 0.0497. The summed E-state index contributed by atoms with van der Waals surface area (Å²) in [6.45, 7) is 22.6. The van der Waals surface area contributed by atoms with E-state index in [2.05, 4.69) is 64.8 Å². The van der Waals surface area contributed by atoms with Crippen LogP contribution in [0.2, 0.25) is 0 Å². The first kappa shape index (κ1) is 24.2. The van der Waals surface area contributed by atoms with Crippen LogP contribution in [0.15, 0.2) is 23.9 Å². The Morgan fingerprint density at radius 2 is 1.85 bits per heavy atom. The summed E-state index contributed by atoms with van der Waals surface area (Å²) in [5, 5.41) is 6.76. The summed E-state index contributed by atoms with van der Waals surface area (Å²) in [6.07, 6.45) is 6.70. The summed E-state index contributed by atoms with van der Waals surface area (Å²) in [5.74, 6) is 0.649. The lowest BCUT2D eigenvalue weighted by molar-refractivity contribution is -0.0344. The van der Waals surface area contributed by atoms with Gasteiger partial charge in [0, 0.05) is 18.8 Å². The molecule has 1 unspecified atom stereocenters. The van der Waals surface area contributed by atoms with E-state index in [9.17, 15) is 0 Å². The van der Waals surface area contributed by atoms with Gasteiger partial charge in [-0.05, 0) is 69.5 Å². The van der Waals surface area contributed by atoms with Crippen LogP contribution in [0.1, 0.15) is 67.2 Å². The van der Waals surface area contributed by atoms with E-state index in [-0.39, 0.29) is 5.60 Å². The van der Waals surface area contributed by atoms with Gasteiger partial charge in [0.25, 0.3) is 0 Å². The van der Waals surface area contributed by atoms with Gasteiger partial charge < -0.3 is 20.1 Å². The van der Waals surface area contributed by atoms with Crippen molar-refractivity contribution in [2.24, 2.45) is 11.3 Å². The van der Waals surface area contributed by atoms with Crippen LogP contribution in [-0.4, -0.2) is 45.1 Å². The monoisotopic (exact) mass is 380 g/mol.